The predicted octanol–water partition coefficient (Wildman–Crippen LogP) is 4.35. The maximum atomic E-state index is 12.2. The molecule has 12 heteroatoms. The first-order valence-corrected chi connectivity index (χ1v) is 9.79. The van der Waals surface area contributed by atoms with Gasteiger partial charge < -0.3 is 24.4 Å². The first kappa shape index (κ1) is 23.5. The van der Waals surface area contributed by atoms with Crippen LogP contribution in [0, 0.1) is 10.1 Å². The van der Waals surface area contributed by atoms with Crippen molar-refractivity contribution >= 4 is 46.3 Å². The number of aromatic nitrogens is 2. The highest BCUT2D eigenvalue weighted by atomic mass is 35.5. The minimum atomic E-state index is -0.619. The number of nitrogens with one attached hydrogen (secondary N) is 1. The van der Waals surface area contributed by atoms with Gasteiger partial charge in [-0.2, -0.15) is 0 Å². The Morgan fingerprint density at radius 3 is 2.45 bits per heavy atom. The molecule has 0 aliphatic heterocycles. The van der Waals surface area contributed by atoms with Crippen molar-refractivity contribution in [1.29, 1.82) is 0 Å². The van der Waals surface area contributed by atoms with Gasteiger partial charge in [0.05, 0.1) is 48.2 Å². The molecule has 0 bridgehead atoms. The van der Waals surface area contributed by atoms with Crippen LogP contribution in [-0.4, -0.2) is 49.2 Å². The Morgan fingerprint density at radius 1 is 1.12 bits per heavy atom. The van der Waals surface area contributed by atoms with Crippen molar-refractivity contribution in [2.75, 3.05) is 38.6 Å². The van der Waals surface area contributed by atoms with Crippen LogP contribution in [0.1, 0.15) is 10.4 Å². The largest absolute Gasteiger partial charge is 0.495 e. The highest BCUT2D eigenvalue weighted by Gasteiger charge is 2.29. The number of benzene rings is 2. The molecule has 1 aromatic heterocycles. The third-order valence-electron chi connectivity index (χ3n) is 4.70. The number of nitrogens with zero attached hydrogens (tertiary/aromatic N) is 4. The molecule has 0 saturated carbocycles. The van der Waals surface area contributed by atoms with Crippen LogP contribution in [-0.2, 0) is 4.74 Å². The number of hydrogen-bond donors (Lipinski definition) is 1. The molecule has 0 fully saturated rings. The Morgan fingerprint density at radius 2 is 1.82 bits per heavy atom. The summed E-state index contributed by atoms with van der Waals surface area (Å²) in [6.45, 7) is 0. The van der Waals surface area contributed by atoms with Crippen LogP contribution >= 0.6 is 11.6 Å². The second-order valence-electron chi connectivity index (χ2n) is 6.53. The molecule has 11 nitrogen and oxygen atoms in total. The van der Waals surface area contributed by atoms with Crippen molar-refractivity contribution in [3.8, 4) is 11.5 Å². The predicted molar refractivity (Wildman–Crippen MR) is 122 cm³/mol. The van der Waals surface area contributed by atoms with E-state index in [4.69, 9.17) is 25.8 Å². The lowest BCUT2D eigenvalue weighted by Gasteiger charge is -2.21. The summed E-state index contributed by atoms with van der Waals surface area (Å²) in [5.74, 6) is -0.0457. The minimum Gasteiger partial charge on any atom is -0.495 e. The van der Waals surface area contributed by atoms with Crippen LogP contribution in [0.3, 0.4) is 0 Å². The minimum absolute atomic E-state index is 0.0487. The Labute approximate surface area is 194 Å². The molecule has 0 radical (unpaired) electrons. The molecule has 0 saturated heterocycles. The average molecular weight is 474 g/mol. The molecule has 33 heavy (non-hydrogen) atoms. The number of nitro groups is 1. The number of carbonyl (C=O) groups is 1. The van der Waals surface area contributed by atoms with Gasteiger partial charge in [-0.15, -0.1) is 0 Å². The second kappa shape index (κ2) is 10.0. The fourth-order valence-corrected chi connectivity index (χ4v) is 3.36. The van der Waals surface area contributed by atoms with Crippen LogP contribution in [0.4, 0.5) is 28.7 Å². The van der Waals surface area contributed by atoms with E-state index in [2.05, 4.69) is 15.3 Å². The summed E-state index contributed by atoms with van der Waals surface area (Å²) in [6.07, 6.45) is 1.17. The van der Waals surface area contributed by atoms with Crippen molar-refractivity contribution in [2.24, 2.45) is 0 Å². The van der Waals surface area contributed by atoms with Crippen molar-refractivity contribution in [3.05, 3.63) is 63.4 Å². The van der Waals surface area contributed by atoms with E-state index >= 15 is 0 Å². The molecule has 172 valence electrons. The number of rotatable bonds is 8. The summed E-state index contributed by atoms with van der Waals surface area (Å²) in [7, 11) is 5.69. The summed E-state index contributed by atoms with van der Waals surface area (Å²) >= 11 is 6.21. The molecule has 0 amide bonds. The smallest absolute Gasteiger partial charge is 0.354 e. The topological polar surface area (TPSA) is 129 Å². The fraction of sp³-hybridized carbons (Fsp3) is 0.190. The number of esters is 1. The molecule has 0 aliphatic carbocycles. The Hall–Kier alpha value is -4.12. The van der Waals surface area contributed by atoms with Gasteiger partial charge in [0.1, 0.15) is 17.8 Å². The first-order chi connectivity index (χ1) is 15.8. The molecule has 3 aromatic rings. The maximum Gasteiger partial charge on any atom is 0.354 e. The number of anilines is 4. The van der Waals surface area contributed by atoms with Gasteiger partial charge in [0, 0.05) is 13.1 Å². The Balaban J connectivity index is 2.12. The summed E-state index contributed by atoms with van der Waals surface area (Å²) in [5, 5.41) is 15.2. The van der Waals surface area contributed by atoms with E-state index in [1.54, 1.807) is 31.3 Å². The summed E-state index contributed by atoms with van der Waals surface area (Å²) < 4.78 is 15.3. The summed E-state index contributed by atoms with van der Waals surface area (Å²) in [4.78, 5) is 33.2. The van der Waals surface area contributed by atoms with Crippen LogP contribution in [0.15, 0.2) is 42.7 Å². The van der Waals surface area contributed by atoms with Gasteiger partial charge in [-0.3, -0.25) is 10.1 Å². The molecule has 3 rings (SSSR count). The van der Waals surface area contributed by atoms with Gasteiger partial charge in [-0.25, -0.2) is 14.8 Å². The monoisotopic (exact) mass is 473 g/mol. The second-order valence-corrected chi connectivity index (χ2v) is 6.94. The van der Waals surface area contributed by atoms with E-state index in [0.29, 0.717) is 22.9 Å². The Kier molecular flexibility index (Phi) is 7.13. The van der Waals surface area contributed by atoms with Crippen molar-refractivity contribution in [3.63, 3.8) is 0 Å². The average Bonchev–Trinajstić information content (AvgIpc) is 2.83. The molecule has 0 aliphatic rings. The van der Waals surface area contributed by atoms with Crippen molar-refractivity contribution in [2.45, 2.75) is 0 Å². The van der Waals surface area contributed by atoms with Gasteiger partial charge in [-0.05, 0) is 18.2 Å². The van der Waals surface area contributed by atoms with E-state index in [0.717, 1.165) is 0 Å². The molecule has 2 aromatic carbocycles. The lowest BCUT2D eigenvalue weighted by Crippen LogP contribution is -2.18. The number of ether oxygens (including phenoxy) is 3. The molecule has 0 unspecified atom stereocenters. The molecule has 0 spiro atoms. The Bertz CT molecular complexity index is 1210. The zero-order valence-corrected chi connectivity index (χ0v) is 18.9. The van der Waals surface area contributed by atoms with E-state index in [9.17, 15) is 14.9 Å². The van der Waals surface area contributed by atoms with Gasteiger partial charge in [0.15, 0.2) is 0 Å². The van der Waals surface area contributed by atoms with Gasteiger partial charge in [-0.1, -0.05) is 23.7 Å². The van der Waals surface area contributed by atoms with Crippen LogP contribution in [0.5, 0.6) is 11.5 Å². The van der Waals surface area contributed by atoms with Crippen molar-refractivity contribution < 1.29 is 23.9 Å². The third kappa shape index (κ3) is 4.72. The van der Waals surface area contributed by atoms with Gasteiger partial charge >= 0.3 is 11.7 Å². The summed E-state index contributed by atoms with van der Waals surface area (Å²) in [6, 6.07) is 9.56. The standard InChI is InChI=1S/C21H20ClN5O6/c1-26(15-8-6-5-7-12(15)21(28)33-4)20-18(27(29)30)19(23-11-24-20)25-14-9-13(22)16(31-2)10-17(14)32-3/h5-11H,1-4H3,(H,23,24,25). The first-order valence-electron chi connectivity index (χ1n) is 9.41. The third-order valence-corrected chi connectivity index (χ3v) is 5.00. The maximum absolute atomic E-state index is 12.2. The van der Waals surface area contributed by atoms with Crippen molar-refractivity contribution in [1.82, 2.24) is 9.97 Å². The van der Waals surface area contributed by atoms with Gasteiger partial charge in [0.25, 0.3) is 0 Å². The van der Waals surface area contributed by atoms with Crippen LogP contribution in [0.25, 0.3) is 0 Å². The fourth-order valence-electron chi connectivity index (χ4n) is 3.12. The van der Waals surface area contributed by atoms with Crippen LogP contribution in [0.2, 0.25) is 5.02 Å². The number of halogens is 1. The van der Waals surface area contributed by atoms with E-state index < -0.39 is 16.6 Å². The van der Waals surface area contributed by atoms with Crippen LogP contribution < -0.4 is 19.7 Å². The normalized spacial score (nSPS) is 10.3. The van der Waals surface area contributed by atoms with E-state index in [1.807, 2.05) is 0 Å². The quantitative estimate of drug-likeness (QED) is 0.286. The van der Waals surface area contributed by atoms with Gasteiger partial charge in [0.2, 0.25) is 11.6 Å². The zero-order chi connectivity index (χ0) is 24.1. The number of hydrogen-bond acceptors (Lipinski definition) is 10. The number of methoxy groups -OCH3 is 3. The number of para-hydroxylation sites is 1. The molecule has 0 atom stereocenters. The molecule has 1 heterocycles. The number of carbonyl (C=O) groups excluding carboxylic acids is 1. The van der Waals surface area contributed by atoms with E-state index in [-0.39, 0.29) is 22.2 Å². The highest BCUT2D eigenvalue weighted by Crippen LogP contribution is 2.41. The molecular formula is C21H20ClN5O6. The molecular weight excluding hydrogens is 454 g/mol. The van der Waals surface area contributed by atoms with E-state index in [1.165, 1.54) is 44.7 Å². The molecule has 1 N–H and O–H groups in total. The zero-order valence-electron chi connectivity index (χ0n) is 18.2. The highest BCUT2D eigenvalue weighted by molar-refractivity contribution is 6.32. The SMILES string of the molecule is COC(=O)c1ccccc1N(C)c1ncnc(Nc2cc(Cl)c(OC)cc2OC)c1[N+](=O)[O-]. The summed E-state index contributed by atoms with van der Waals surface area (Å²) in [5.41, 5.74) is 0.484. The lowest BCUT2D eigenvalue weighted by atomic mass is 10.1. The lowest BCUT2D eigenvalue weighted by molar-refractivity contribution is -0.383.